The number of hydrogen-bond donors (Lipinski definition) is 1. The van der Waals surface area contributed by atoms with Gasteiger partial charge in [-0.25, -0.2) is 0 Å². The van der Waals surface area contributed by atoms with Gasteiger partial charge in [0.2, 0.25) is 0 Å². The molecule has 3 aliphatic rings. The van der Waals surface area contributed by atoms with E-state index in [0.717, 1.165) is 23.4 Å². The second kappa shape index (κ2) is 5.96. The van der Waals surface area contributed by atoms with Crippen LogP contribution in [-0.2, 0) is 11.2 Å². The molecule has 0 aromatic heterocycles. The molecule has 0 radical (unpaired) electrons. The fourth-order valence-corrected chi connectivity index (χ4v) is 18.8. The van der Waals surface area contributed by atoms with E-state index >= 15 is 0 Å². The van der Waals surface area contributed by atoms with Crippen LogP contribution in [0.25, 0.3) is 6.08 Å². The number of carbonyl (C=O) groups is 2. The molecule has 4 bridgehead atoms. The van der Waals surface area contributed by atoms with Crippen LogP contribution >= 0.6 is 11.8 Å². The van der Waals surface area contributed by atoms with E-state index in [1.54, 1.807) is 6.07 Å². The van der Waals surface area contributed by atoms with Crippen molar-refractivity contribution in [2.45, 2.75) is 15.3 Å². The predicted molar refractivity (Wildman–Crippen MR) is 97.5 cm³/mol. The molecule has 3 nitrogen and oxygen atoms in total. The quantitative estimate of drug-likeness (QED) is 0.750. The van der Waals surface area contributed by atoms with Gasteiger partial charge in [0.25, 0.3) is 0 Å². The van der Waals surface area contributed by atoms with Crippen molar-refractivity contribution in [2.75, 3.05) is 0 Å². The van der Waals surface area contributed by atoms with Crippen molar-refractivity contribution in [3.8, 4) is 0 Å². The third-order valence-electron chi connectivity index (χ3n) is 5.39. The maximum absolute atomic E-state index is 13.6. The van der Waals surface area contributed by atoms with Gasteiger partial charge in [0.1, 0.15) is 0 Å². The van der Waals surface area contributed by atoms with Crippen molar-refractivity contribution in [2.24, 2.45) is 0 Å². The summed E-state index contributed by atoms with van der Waals surface area (Å²) in [5.41, 5.74) is 3.12. The number of benzene rings is 2. The minimum atomic E-state index is -2.58. The van der Waals surface area contributed by atoms with Gasteiger partial charge in [-0.2, -0.15) is 0 Å². The second-order valence-electron chi connectivity index (χ2n) is 6.81. The Morgan fingerprint density at radius 3 is 2.65 bits per heavy atom. The molecule has 128 valence electrons. The van der Waals surface area contributed by atoms with E-state index in [2.05, 4.69) is 23.5 Å². The zero-order valence-corrected chi connectivity index (χ0v) is 17.6. The average Bonchev–Trinajstić information content (AvgIpc) is 3.17. The van der Waals surface area contributed by atoms with Crippen molar-refractivity contribution in [3.05, 3.63) is 68.1 Å². The van der Waals surface area contributed by atoms with Crippen molar-refractivity contribution in [1.29, 1.82) is 0 Å². The summed E-state index contributed by atoms with van der Waals surface area (Å²) in [5.74, 6) is -1.88. The number of allylic oxidation sites excluding steroid dienone is 1. The molecule has 1 N–H and O–H groups in total. The first-order chi connectivity index (χ1) is 12.5. The predicted octanol–water partition coefficient (Wildman–Crippen LogP) is 2.83. The molecule has 2 amide bonds. The molecule has 2 atom stereocenters. The van der Waals surface area contributed by atoms with Crippen LogP contribution in [0, 0.1) is 11.6 Å². The van der Waals surface area contributed by atoms with Crippen molar-refractivity contribution in [1.82, 2.24) is 5.32 Å². The van der Waals surface area contributed by atoms with Crippen LogP contribution < -0.4 is 8.64 Å². The number of nitrogens with one attached hydrogen (secondary N) is 1. The van der Waals surface area contributed by atoms with Crippen LogP contribution in [0.3, 0.4) is 0 Å². The molecule has 2 aromatic rings. The van der Waals surface area contributed by atoms with E-state index in [-0.39, 0.29) is 20.1 Å². The monoisotopic (exact) mass is 471 g/mol. The summed E-state index contributed by atoms with van der Waals surface area (Å²) in [6.07, 6.45) is 2.76. The molecular weight excluding hydrogens is 459 g/mol. The molecule has 1 saturated heterocycles. The SMILES string of the molecule is O=C1NC(=O)C([CH]2c3ccc[c]4c3C=[C](Cc3ccc(F)c(F)c3)[In]42)S1. The molecule has 3 aliphatic heterocycles. The fourth-order valence-electron chi connectivity index (χ4n) is 4.40. The molecule has 0 aliphatic carbocycles. The summed E-state index contributed by atoms with van der Waals surface area (Å²) in [5, 5.41) is 1.76. The van der Waals surface area contributed by atoms with Gasteiger partial charge in [-0.05, 0) is 0 Å². The van der Waals surface area contributed by atoms with Crippen LogP contribution in [0.5, 0.6) is 0 Å². The van der Waals surface area contributed by atoms with E-state index in [0.29, 0.717) is 6.42 Å². The van der Waals surface area contributed by atoms with Crippen molar-refractivity contribution < 1.29 is 18.4 Å². The van der Waals surface area contributed by atoms with Crippen molar-refractivity contribution in [3.63, 3.8) is 0 Å². The Morgan fingerprint density at radius 2 is 1.96 bits per heavy atom. The number of amides is 2. The zero-order valence-electron chi connectivity index (χ0n) is 13.5. The van der Waals surface area contributed by atoms with Gasteiger partial charge in [-0.15, -0.1) is 0 Å². The number of hydrogen-bond acceptors (Lipinski definition) is 3. The van der Waals surface area contributed by atoms with Crippen LogP contribution in [0.1, 0.15) is 20.4 Å². The number of carbonyl (C=O) groups excluding carboxylic acids is 2. The van der Waals surface area contributed by atoms with Crippen LogP contribution in [0.4, 0.5) is 13.6 Å². The normalized spacial score (nSPS) is 22.8. The maximum atomic E-state index is 13.6. The van der Waals surface area contributed by atoms with E-state index in [1.165, 1.54) is 23.8 Å². The van der Waals surface area contributed by atoms with Gasteiger partial charge in [-0.1, -0.05) is 0 Å². The second-order valence-corrected chi connectivity index (χ2v) is 16.6. The molecular formula is C19H12F2InNO2S. The van der Waals surface area contributed by atoms with E-state index in [9.17, 15) is 18.4 Å². The minimum absolute atomic E-state index is 0.110. The first-order valence-corrected chi connectivity index (χ1v) is 14.4. The van der Waals surface area contributed by atoms with Gasteiger partial charge in [0.15, 0.2) is 0 Å². The molecule has 0 spiro atoms. The summed E-state index contributed by atoms with van der Waals surface area (Å²) in [4.78, 5) is 24.0. The average molecular weight is 471 g/mol. The Kier molecular flexibility index (Phi) is 3.79. The van der Waals surface area contributed by atoms with Crippen LogP contribution in [-0.4, -0.2) is 37.8 Å². The number of thioether (sulfide) groups is 1. The Bertz CT molecular complexity index is 1020. The van der Waals surface area contributed by atoms with Gasteiger partial charge in [0.05, 0.1) is 0 Å². The summed E-state index contributed by atoms with van der Waals surface area (Å²) in [6.45, 7) is 0. The molecule has 5 rings (SSSR count). The number of rotatable bonds is 3. The Hall–Kier alpha value is -1.60. The molecule has 26 heavy (non-hydrogen) atoms. The molecule has 0 saturated carbocycles. The Labute approximate surface area is 160 Å². The van der Waals surface area contributed by atoms with Crippen LogP contribution in [0.2, 0.25) is 0 Å². The standard InChI is InChI=1S/C19H12F2NO2S.In/c20-15-9-8-12(10-16(15)21)4-3-7-13-5-1-2-6-14(13)11-17-18(23)22-19(24)25-17;/h1-2,6-11,17H,4H2,(H,22,23,24);. The fraction of sp³-hybridized carbons (Fsp3) is 0.158. The van der Waals surface area contributed by atoms with Crippen molar-refractivity contribution >= 4 is 53.7 Å². The van der Waals surface area contributed by atoms with Crippen LogP contribution in [0.15, 0.2) is 39.7 Å². The Morgan fingerprint density at radius 1 is 1.12 bits per heavy atom. The molecule has 7 heteroatoms. The van der Waals surface area contributed by atoms with Gasteiger partial charge in [-0.3, -0.25) is 0 Å². The van der Waals surface area contributed by atoms with Gasteiger partial charge in [0, 0.05) is 0 Å². The summed E-state index contributed by atoms with van der Waals surface area (Å²) < 4.78 is 29.5. The first kappa shape index (κ1) is 16.6. The molecule has 3 heterocycles. The first-order valence-electron chi connectivity index (χ1n) is 8.31. The topological polar surface area (TPSA) is 46.2 Å². The summed E-state index contributed by atoms with van der Waals surface area (Å²) in [6, 6.07) is 10.2. The molecule has 2 aromatic carbocycles. The molecule has 2 unspecified atom stereocenters. The zero-order chi connectivity index (χ0) is 18.0. The van der Waals surface area contributed by atoms with Gasteiger partial charge < -0.3 is 0 Å². The van der Waals surface area contributed by atoms with E-state index in [1.807, 2.05) is 6.07 Å². The number of halogens is 2. The Balaban J connectivity index is 1.51. The van der Waals surface area contributed by atoms with E-state index < -0.39 is 33.1 Å². The summed E-state index contributed by atoms with van der Waals surface area (Å²) >= 11 is -1.49. The third kappa shape index (κ3) is 2.40. The van der Waals surface area contributed by atoms with Gasteiger partial charge >= 0.3 is 161 Å². The molecule has 1 fully saturated rings. The third-order valence-corrected chi connectivity index (χ3v) is 18.1. The number of imide groups is 1. The van der Waals surface area contributed by atoms with E-state index in [4.69, 9.17) is 0 Å². The summed E-state index contributed by atoms with van der Waals surface area (Å²) in [7, 11) is 0.